The number of pyridine rings is 1. The summed E-state index contributed by atoms with van der Waals surface area (Å²) in [4.78, 5) is 23.1. The van der Waals surface area contributed by atoms with Crippen molar-refractivity contribution in [3.8, 4) is 0 Å². The third-order valence-corrected chi connectivity index (χ3v) is 4.53. The number of aryl methyl sites for hydroxylation is 3. The molecule has 2 heterocycles. The molecule has 0 radical (unpaired) electrons. The lowest BCUT2D eigenvalue weighted by Crippen LogP contribution is -2.21. The van der Waals surface area contributed by atoms with Crippen molar-refractivity contribution in [1.29, 1.82) is 0 Å². The van der Waals surface area contributed by atoms with Gasteiger partial charge in [0.2, 0.25) is 0 Å². The maximum atomic E-state index is 12.3. The van der Waals surface area contributed by atoms with Crippen LogP contribution < -0.4 is 10.2 Å². The summed E-state index contributed by atoms with van der Waals surface area (Å²) in [5.41, 5.74) is 2.48. The van der Waals surface area contributed by atoms with E-state index in [1.54, 1.807) is 6.20 Å². The van der Waals surface area contributed by atoms with Crippen molar-refractivity contribution < 1.29 is 4.79 Å². The fourth-order valence-electron chi connectivity index (χ4n) is 2.82. The Bertz CT molecular complexity index is 884. The van der Waals surface area contributed by atoms with E-state index in [0.29, 0.717) is 5.56 Å². The average molecular weight is 363 g/mol. The number of benzene rings is 1. The topological polar surface area (TPSA) is 63.1 Å². The number of imidazole rings is 1. The molecule has 0 atom stereocenters. The lowest BCUT2D eigenvalue weighted by Gasteiger charge is -2.18. The SMILES string of the molecule is Cc1ccc(NC(=O)c2ccc(N(C)CCCn3ccnc3C)nc2)cc1. The molecule has 0 spiro atoms. The van der Waals surface area contributed by atoms with Gasteiger partial charge in [0.25, 0.3) is 5.91 Å². The van der Waals surface area contributed by atoms with Crippen LogP contribution in [0.3, 0.4) is 0 Å². The number of nitrogens with one attached hydrogen (secondary N) is 1. The molecular weight excluding hydrogens is 338 g/mol. The average Bonchev–Trinajstić information content (AvgIpc) is 3.08. The summed E-state index contributed by atoms with van der Waals surface area (Å²) in [6.45, 7) is 5.82. The molecule has 140 valence electrons. The molecule has 2 aromatic heterocycles. The Balaban J connectivity index is 1.53. The normalized spacial score (nSPS) is 10.6. The first-order valence-electron chi connectivity index (χ1n) is 9.06. The molecule has 6 nitrogen and oxygen atoms in total. The van der Waals surface area contributed by atoms with Gasteiger partial charge in [0.05, 0.1) is 5.56 Å². The van der Waals surface area contributed by atoms with Crippen LogP contribution in [0, 0.1) is 13.8 Å². The van der Waals surface area contributed by atoms with E-state index >= 15 is 0 Å². The summed E-state index contributed by atoms with van der Waals surface area (Å²) >= 11 is 0. The van der Waals surface area contributed by atoms with Gasteiger partial charge in [0, 0.05) is 44.4 Å². The molecule has 0 aliphatic heterocycles. The second kappa shape index (κ2) is 8.49. The van der Waals surface area contributed by atoms with Crippen LogP contribution in [0.25, 0.3) is 0 Å². The molecule has 27 heavy (non-hydrogen) atoms. The summed E-state index contributed by atoms with van der Waals surface area (Å²) in [5.74, 6) is 1.72. The number of carbonyl (C=O) groups excluding carboxylic acids is 1. The van der Waals surface area contributed by atoms with Gasteiger partial charge >= 0.3 is 0 Å². The van der Waals surface area contributed by atoms with Gasteiger partial charge < -0.3 is 14.8 Å². The molecule has 3 rings (SSSR count). The van der Waals surface area contributed by atoms with Crippen molar-refractivity contribution in [2.45, 2.75) is 26.8 Å². The van der Waals surface area contributed by atoms with Gasteiger partial charge in [-0.2, -0.15) is 0 Å². The number of amides is 1. The maximum absolute atomic E-state index is 12.3. The molecule has 0 unspecified atom stereocenters. The van der Waals surface area contributed by atoms with Crippen LogP contribution in [0.2, 0.25) is 0 Å². The summed E-state index contributed by atoms with van der Waals surface area (Å²) in [6, 6.07) is 11.4. The number of rotatable bonds is 7. The highest BCUT2D eigenvalue weighted by Gasteiger charge is 2.09. The summed E-state index contributed by atoms with van der Waals surface area (Å²) < 4.78 is 2.14. The molecule has 1 N–H and O–H groups in total. The zero-order valence-electron chi connectivity index (χ0n) is 16.0. The minimum atomic E-state index is -0.156. The molecule has 0 saturated heterocycles. The molecule has 0 aliphatic carbocycles. The molecular formula is C21H25N5O. The quantitative estimate of drug-likeness (QED) is 0.696. The first kappa shape index (κ1) is 18.6. The molecule has 0 aliphatic rings. The highest BCUT2D eigenvalue weighted by Crippen LogP contribution is 2.13. The minimum absolute atomic E-state index is 0.156. The summed E-state index contributed by atoms with van der Waals surface area (Å²) in [5, 5.41) is 2.89. The Morgan fingerprint density at radius 3 is 2.52 bits per heavy atom. The number of anilines is 2. The zero-order valence-corrected chi connectivity index (χ0v) is 16.0. The fraction of sp³-hybridized carbons (Fsp3) is 0.286. The number of hydrogen-bond donors (Lipinski definition) is 1. The van der Waals surface area contributed by atoms with E-state index in [4.69, 9.17) is 0 Å². The van der Waals surface area contributed by atoms with Gasteiger partial charge in [-0.05, 0) is 44.5 Å². The van der Waals surface area contributed by atoms with E-state index in [1.165, 1.54) is 0 Å². The van der Waals surface area contributed by atoms with Crippen molar-refractivity contribution >= 4 is 17.4 Å². The predicted molar refractivity (Wildman–Crippen MR) is 108 cm³/mol. The minimum Gasteiger partial charge on any atom is -0.360 e. The van der Waals surface area contributed by atoms with E-state index in [0.717, 1.165) is 42.4 Å². The molecule has 1 amide bonds. The smallest absolute Gasteiger partial charge is 0.257 e. The number of aromatic nitrogens is 3. The van der Waals surface area contributed by atoms with E-state index < -0.39 is 0 Å². The number of carbonyl (C=O) groups is 1. The largest absolute Gasteiger partial charge is 0.360 e. The van der Waals surface area contributed by atoms with Crippen LogP contribution in [0.1, 0.15) is 28.2 Å². The van der Waals surface area contributed by atoms with Crippen molar-refractivity contribution in [2.75, 3.05) is 23.8 Å². The van der Waals surface area contributed by atoms with E-state index in [-0.39, 0.29) is 5.91 Å². The van der Waals surface area contributed by atoms with Gasteiger partial charge in [-0.1, -0.05) is 17.7 Å². The highest BCUT2D eigenvalue weighted by atomic mass is 16.1. The lowest BCUT2D eigenvalue weighted by molar-refractivity contribution is 0.102. The van der Waals surface area contributed by atoms with Gasteiger partial charge in [0.1, 0.15) is 11.6 Å². The van der Waals surface area contributed by atoms with E-state index in [9.17, 15) is 4.79 Å². The zero-order chi connectivity index (χ0) is 19.2. The Morgan fingerprint density at radius 2 is 1.89 bits per heavy atom. The predicted octanol–water partition coefficient (Wildman–Crippen LogP) is 3.67. The third kappa shape index (κ3) is 4.94. The fourth-order valence-corrected chi connectivity index (χ4v) is 2.82. The maximum Gasteiger partial charge on any atom is 0.257 e. The van der Waals surface area contributed by atoms with Crippen molar-refractivity contribution in [1.82, 2.24) is 14.5 Å². The van der Waals surface area contributed by atoms with Gasteiger partial charge in [0.15, 0.2) is 0 Å². The first-order valence-corrected chi connectivity index (χ1v) is 9.06. The monoisotopic (exact) mass is 363 g/mol. The Kier molecular flexibility index (Phi) is 5.86. The number of hydrogen-bond acceptors (Lipinski definition) is 4. The van der Waals surface area contributed by atoms with Crippen LogP contribution in [-0.2, 0) is 6.54 Å². The molecule has 0 bridgehead atoms. The van der Waals surface area contributed by atoms with Gasteiger partial charge in [-0.3, -0.25) is 4.79 Å². The second-order valence-electron chi connectivity index (χ2n) is 6.67. The third-order valence-electron chi connectivity index (χ3n) is 4.53. The van der Waals surface area contributed by atoms with E-state index in [1.807, 2.05) is 69.7 Å². The van der Waals surface area contributed by atoms with Crippen molar-refractivity contribution in [2.24, 2.45) is 0 Å². The standard InChI is InChI=1S/C21H25N5O/c1-16-5-8-19(9-6-16)24-21(27)18-7-10-20(23-15-18)25(3)12-4-13-26-14-11-22-17(26)2/h5-11,14-15H,4,12-13H2,1-3H3,(H,24,27). The Hall–Kier alpha value is -3.15. The molecule has 0 fully saturated rings. The number of nitrogens with zero attached hydrogens (tertiary/aromatic N) is 4. The molecule has 6 heteroatoms. The summed E-state index contributed by atoms with van der Waals surface area (Å²) in [6.07, 6.45) is 6.43. The van der Waals surface area contributed by atoms with Crippen molar-refractivity contribution in [3.63, 3.8) is 0 Å². The molecule has 1 aromatic carbocycles. The first-order chi connectivity index (χ1) is 13.0. The van der Waals surface area contributed by atoms with Crippen LogP contribution in [-0.4, -0.2) is 34.0 Å². The van der Waals surface area contributed by atoms with Gasteiger partial charge in [-0.25, -0.2) is 9.97 Å². The van der Waals surface area contributed by atoms with Crippen LogP contribution in [0.4, 0.5) is 11.5 Å². The van der Waals surface area contributed by atoms with Gasteiger partial charge in [-0.15, -0.1) is 0 Å². The Labute approximate surface area is 159 Å². The van der Waals surface area contributed by atoms with Crippen LogP contribution in [0.15, 0.2) is 55.0 Å². The Morgan fingerprint density at radius 1 is 1.11 bits per heavy atom. The molecule has 0 saturated carbocycles. The van der Waals surface area contributed by atoms with E-state index in [2.05, 4.69) is 24.8 Å². The summed E-state index contributed by atoms with van der Waals surface area (Å²) in [7, 11) is 2.01. The van der Waals surface area contributed by atoms with Crippen LogP contribution >= 0.6 is 0 Å². The lowest BCUT2D eigenvalue weighted by atomic mass is 10.2. The second-order valence-corrected chi connectivity index (χ2v) is 6.67. The molecule has 3 aromatic rings. The van der Waals surface area contributed by atoms with Crippen LogP contribution in [0.5, 0.6) is 0 Å². The van der Waals surface area contributed by atoms with Crippen molar-refractivity contribution in [3.05, 3.63) is 71.9 Å². The highest BCUT2D eigenvalue weighted by molar-refractivity contribution is 6.04.